The summed E-state index contributed by atoms with van der Waals surface area (Å²) >= 11 is 0. The van der Waals surface area contributed by atoms with E-state index in [4.69, 9.17) is 15.2 Å². The van der Waals surface area contributed by atoms with Crippen LogP contribution >= 0.6 is 0 Å². The van der Waals surface area contributed by atoms with Gasteiger partial charge in [-0.2, -0.15) is 9.61 Å². The number of anilines is 1. The first kappa shape index (κ1) is 16.0. The van der Waals surface area contributed by atoms with Crippen LogP contribution in [0, 0.1) is 0 Å². The third kappa shape index (κ3) is 2.61. The first-order valence-electron chi connectivity index (χ1n) is 8.13. The van der Waals surface area contributed by atoms with Gasteiger partial charge in [0.15, 0.2) is 17.1 Å². The lowest BCUT2D eigenvalue weighted by atomic mass is 10.1. The summed E-state index contributed by atoms with van der Waals surface area (Å²) in [5, 5.41) is 4.62. The lowest BCUT2D eigenvalue weighted by molar-refractivity contribution is 0.355. The molecule has 6 heteroatoms. The van der Waals surface area contributed by atoms with Gasteiger partial charge in [0.2, 0.25) is 0 Å². The quantitative estimate of drug-likeness (QED) is 0.610. The smallest absolute Gasteiger partial charge is 0.161 e. The third-order valence-corrected chi connectivity index (χ3v) is 4.28. The minimum absolute atomic E-state index is 0.518. The second kappa shape index (κ2) is 6.40. The number of hydrogen-bond acceptors (Lipinski definition) is 5. The lowest BCUT2D eigenvalue weighted by Crippen LogP contribution is -2.03. The molecular weight excluding hydrogens is 328 g/mol. The van der Waals surface area contributed by atoms with E-state index in [1.165, 1.54) is 0 Å². The molecule has 4 rings (SSSR count). The molecule has 0 radical (unpaired) electrons. The second-order valence-corrected chi connectivity index (χ2v) is 5.79. The minimum atomic E-state index is 0.518. The van der Waals surface area contributed by atoms with Crippen molar-refractivity contribution in [1.82, 2.24) is 14.6 Å². The summed E-state index contributed by atoms with van der Waals surface area (Å²) in [6.07, 6.45) is 1.75. The van der Waals surface area contributed by atoms with E-state index in [2.05, 4.69) is 10.1 Å². The van der Waals surface area contributed by atoms with Crippen molar-refractivity contribution in [3.63, 3.8) is 0 Å². The molecule has 0 unspecified atom stereocenters. The van der Waals surface area contributed by atoms with Crippen molar-refractivity contribution >= 4 is 11.5 Å². The maximum Gasteiger partial charge on any atom is 0.161 e. The van der Waals surface area contributed by atoms with Crippen molar-refractivity contribution in [2.24, 2.45) is 0 Å². The maximum absolute atomic E-state index is 6.39. The molecule has 26 heavy (non-hydrogen) atoms. The van der Waals surface area contributed by atoms with Crippen molar-refractivity contribution < 1.29 is 9.47 Å². The highest BCUT2D eigenvalue weighted by molar-refractivity contribution is 5.77. The molecule has 0 bridgehead atoms. The predicted octanol–water partition coefficient (Wildman–Crippen LogP) is 3.66. The van der Waals surface area contributed by atoms with Crippen LogP contribution in [0.25, 0.3) is 28.0 Å². The number of rotatable bonds is 4. The van der Waals surface area contributed by atoms with Gasteiger partial charge in [0, 0.05) is 23.4 Å². The van der Waals surface area contributed by atoms with Gasteiger partial charge in [0.05, 0.1) is 19.9 Å². The Bertz CT molecular complexity index is 1070. The van der Waals surface area contributed by atoms with Gasteiger partial charge in [0.1, 0.15) is 5.82 Å². The Balaban J connectivity index is 1.83. The molecule has 0 fully saturated rings. The Hall–Kier alpha value is -3.54. The topological polar surface area (TPSA) is 74.7 Å². The van der Waals surface area contributed by atoms with Crippen LogP contribution < -0.4 is 15.2 Å². The van der Waals surface area contributed by atoms with Crippen molar-refractivity contribution in [3.05, 3.63) is 60.8 Å². The van der Waals surface area contributed by atoms with Crippen LogP contribution in [0.15, 0.2) is 60.8 Å². The van der Waals surface area contributed by atoms with E-state index >= 15 is 0 Å². The molecule has 0 spiro atoms. The molecule has 6 nitrogen and oxygen atoms in total. The minimum Gasteiger partial charge on any atom is -0.493 e. The average Bonchev–Trinajstić information content (AvgIpc) is 3.14. The molecule has 130 valence electrons. The van der Waals surface area contributed by atoms with Crippen molar-refractivity contribution in [2.45, 2.75) is 0 Å². The highest BCUT2D eigenvalue weighted by Crippen LogP contribution is 2.34. The van der Waals surface area contributed by atoms with Gasteiger partial charge in [-0.15, -0.1) is 0 Å². The summed E-state index contributed by atoms with van der Waals surface area (Å²) in [6, 6.07) is 17.5. The maximum atomic E-state index is 6.39. The predicted molar refractivity (Wildman–Crippen MR) is 101 cm³/mol. The van der Waals surface area contributed by atoms with Crippen LogP contribution in [0.3, 0.4) is 0 Å². The number of benzene rings is 2. The van der Waals surface area contributed by atoms with E-state index in [9.17, 15) is 0 Å². The van der Waals surface area contributed by atoms with Crippen LogP contribution in [-0.4, -0.2) is 28.8 Å². The fourth-order valence-corrected chi connectivity index (χ4v) is 2.93. The van der Waals surface area contributed by atoms with Gasteiger partial charge in [-0.3, -0.25) is 0 Å². The summed E-state index contributed by atoms with van der Waals surface area (Å²) < 4.78 is 12.3. The van der Waals surface area contributed by atoms with Crippen LogP contribution in [0.1, 0.15) is 0 Å². The highest BCUT2D eigenvalue weighted by Gasteiger charge is 2.14. The van der Waals surface area contributed by atoms with Gasteiger partial charge in [-0.1, -0.05) is 36.4 Å². The summed E-state index contributed by atoms with van der Waals surface area (Å²) in [5.41, 5.74) is 10.6. The molecule has 0 saturated carbocycles. The zero-order chi connectivity index (χ0) is 18.1. The van der Waals surface area contributed by atoms with Crippen molar-refractivity contribution in [3.8, 4) is 33.9 Å². The Morgan fingerprint density at radius 1 is 0.885 bits per heavy atom. The first-order chi connectivity index (χ1) is 12.7. The molecule has 0 aliphatic rings. The van der Waals surface area contributed by atoms with Crippen LogP contribution in [-0.2, 0) is 0 Å². The molecule has 2 N–H and O–H groups in total. The molecule has 4 aromatic rings. The number of hydrogen-bond donors (Lipinski definition) is 1. The number of ether oxygens (including phenoxy) is 2. The molecule has 0 aliphatic heterocycles. The Morgan fingerprint density at radius 2 is 1.65 bits per heavy atom. The molecule has 2 heterocycles. The SMILES string of the molecule is COc1ccc(-c2cnc3cc(-c4ccccc4)nn3c2N)cc1OC. The Kier molecular flexibility index (Phi) is 3.93. The van der Waals surface area contributed by atoms with Gasteiger partial charge < -0.3 is 15.2 Å². The molecule has 2 aromatic carbocycles. The molecule has 0 aliphatic carbocycles. The summed E-state index contributed by atoms with van der Waals surface area (Å²) in [4.78, 5) is 4.51. The van der Waals surface area contributed by atoms with E-state index in [0.717, 1.165) is 22.4 Å². The van der Waals surface area contributed by atoms with E-state index in [0.29, 0.717) is 23.0 Å². The zero-order valence-corrected chi connectivity index (χ0v) is 14.5. The van der Waals surface area contributed by atoms with E-state index < -0.39 is 0 Å². The standard InChI is InChI=1S/C20H18N4O2/c1-25-17-9-8-14(10-18(17)26-2)15-12-22-19-11-16(23-24(19)20(15)21)13-6-4-3-5-7-13/h3-12H,21H2,1-2H3. The molecule has 0 saturated heterocycles. The van der Waals surface area contributed by atoms with Gasteiger partial charge in [0.25, 0.3) is 0 Å². The van der Waals surface area contributed by atoms with Crippen molar-refractivity contribution in [1.29, 1.82) is 0 Å². The summed E-state index contributed by atoms with van der Waals surface area (Å²) in [5.74, 6) is 1.81. The van der Waals surface area contributed by atoms with E-state index in [-0.39, 0.29) is 0 Å². The normalized spacial score (nSPS) is 10.8. The van der Waals surface area contributed by atoms with Crippen molar-refractivity contribution in [2.75, 3.05) is 20.0 Å². The number of nitrogens with two attached hydrogens (primary N) is 1. The molecule has 0 atom stereocenters. The number of methoxy groups -OCH3 is 2. The third-order valence-electron chi connectivity index (χ3n) is 4.28. The molecular formula is C20H18N4O2. The van der Waals surface area contributed by atoms with Gasteiger partial charge in [-0.05, 0) is 17.7 Å². The summed E-state index contributed by atoms with van der Waals surface area (Å²) in [6.45, 7) is 0. The lowest BCUT2D eigenvalue weighted by Gasteiger charge is -2.11. The van der Waals surface area contributed by atoms with Gasteiger partial charge in [-0.25, -0.2) is 4.98 Å². The fourth-order valence-electron chi connectivity index (χ4n) is 2.93. The number of nitrogens with zero attached hydrogens (tertiary/aromatic N) is 3. The van der Waals surface area contributed by atoms with E-state index in [1.807, 2.05) is 54.6 Å². The van der Waals surface area contributed by atoms with Crippen LogP contribution in [0.4, 0.5) is 5.82 Å². The number of nitrogen functional groups attached to an aromatic ring is 1. The monoisotopic (exact) mass is 346 g/mol. The van der Waals surface area contributed by atoms with E-state index in [1.54, 1.807) is 24.9 Å². The molecule has 2 aromatic heterocycles. The number of aromatic nitrogens is 3. The number of fused-ring (bicyclic) bond motifs is 1. The van der Waals surface area contributed by atoms with Crippen LogP contribution in [0.5, 0.6) is 11.5 Å². The Morgan fingerprint density at radius 3 is 2.38 bits per heavy atom. The molecule has 0 amide bonds. The first-order valence-corrected chi connectivity index (χ1v) is 8.13. The fraction of sp³-hybridized carbons (Fsp3) is 0.100. The highest BCUT2D eigenvalue weighted by atomic mass is 16.5. The van der Waals surface area contributed by atoms with Gasteiger partial charge >= 0.3 is 0 Å². The Labute approximate surface area is 150 Å². The van der Waals surface area contributed by atoms with Crippen LogP contribution in [0.2, 0.25) is 0 Å². The average molecular weight is 346 g/mol. The largest absolute Gasteiger partial charge is 0.493 e. The second-order valence-electron chi connectivity index (χ2n) is 5.79. The zero-order valence-electron chi connectivity index (χ0n) is 14.5. The summed E-state index contributed by atoms with van der Waals surface area (Å²) in [7, 11) is 3.21.